The minimum Gasteiger partial charge on any atom is -0.491 e. The molecule has 1 heterocycles. The quantitative estimate of drug-likeness (QED) is 0.796. The zero-order chi connectivity index (χ0) is 14.4. The Hall–Kier alpha value is -1.48. The van der Waals surface area contributed by atoms with Crippen LogP contribution in [0.1, 0.15) is 4.88 Å². The molecule has 20 heavy (non-hydrogen) atoms. The summed E-state index contributed by atoms with van der Waals surface area (Å²) in [7, 11) is -3.55. The molecule has 0 saturated heterocycles. The van der Waals surface area contributed by atoms with Crippen LogP contribution in [0.5, 0.6) is 5.75 Å². The van der Waals surface area contributed by atoms with Gasteiger partial charge < -0.3 is 9.84 Å². The first kappa shape index (κ1) is 14.9. The predicted octanol–water partition coefficient (Wildman–Crippen LogP) is 0.993. The van der Waals surface area contributed by atoms with E-state index in [2.05, 4.69) is 9.71 Å². The van der Waals surface area contributed by atoms with Crippen LogP contribution in [-0.4, -0.2) is 31.7 Å². The number of nitrogens with one attached hydrogen (secondary N) is 1. The van der Waals surface area contributed by atoms with Crippen LogP contribution in [0.4, 0.5) is 0 Å². The largest absolute Gasteiger partial charge is 0.491 e. The molecule has 0 aliphatic carbocycles. The number of nitrogens with zero attached hydrogens (tertiary/aromatic N) is 1. The summed E-state index contributed by atoms with van der Waals surface area (Å²) >= 11 is 1.39. The van der Waals surface area contributed by atoms with E-state index in [1.807, 2.05) is 0 Å². The molecule has 2 rings (SSSR count). The highest BCUT2D eigenvalue weighted by Crippen LogP contribution is 2.16. The van der Waals surface area contributed by atoms with Crippen molar-refractivity contribution < 1.29 is 18.3 Å². The molecule has 0 aliphatic heterocycles. The first-order valence-corrected chi connectivity index (χ1v) is 8.19. The molecule has 2 N–H and O–H groups in total. The Morgan fingerprint density at radius 3 is 2.65 bits per heavy atom. The SMILES string of the molecule is O=S(=O)(NCc1cncs1)c1ccc(OCCO)cc1. The molecule has 8 heteroatoms. The highest BCUT2D eigenvalue weighted by molar-refractivity contribution is 7.89. The Morgan fingerprint density at radius 2 is 2.05 bits per heavy atom. The lowest BCUT2D eigenvalue weighted by atomic mass is 10.3. The molecule has 1 aromatic carbocycles. The van der Waals surface area contributed by atoms with Crippen molar-refractivity contribution in [3.05, 3.63) is 40.8 Å². The zero-order valence-electron chi connectivity index (χ0n) is 10.5. The van der Waals surface area contributed by atoms with Gasteiger partial charge in [0.1, 0.15) is 12.4 Å². The van der Waals surface area contributed by atoms with E-state index in [4.69, 9.17) is 9.84 Å². The molecule has 0 saturated carbocycles. The second-order valence-electron chi connectivity index (χ2n) is 3.84. The molecular weight excluding hydrogens is 300 g/mol. The lowest BCUT2D eigenvalue weighted by molar-refractivity contribution is 0.201. The molecule has 0 spiro atoms. The van der Waals surface area contributed by atoms with E-state index in [9.17, 15) is 8.42 Å². The molecule has 1 aromatic heterocycles. The normalized spacial score (nSPS) is 11.4. The van der Waals surface area contributed by atoms with Gasteiger partial charge >= 0.3 is 0 Å². The monoisotopic (exact) mass is 314 g/mol. The number of aliphatic hydroxyl groups excluding tert-OH is 1. The fourth-order valence-electron chi connectivity index (χ4n) is 1.46. The van der Waals surface area contributed by atoms with E-state index in [0.717, 1.165) is 4.88 Å². The van der Waals surface area contributed by atoms with Crippen LogP contribution in [-0.2, 0) is 16.6 Å². The molecule has 108 valence electrons. The predicted molar refractivity (Wildman–Crippen MR) is 75.2 cm³/mol. The third-order valence-electron chi connectivity index (χ3n) is 2.41. The fraction of sp³-hybridized carbons (Fsp3) is 0.250. The van der Waals surface area contributed by atoms with Crippen LogP contribution >= 0.6 is 11.3 Å². The molecule has 0 aliphatic rings. The summed E-state index contributed by atoms with van der Waals surface area (Å²) in [5.74, 6) is 0.514. The van der Waals surface area contributed by atoms with Gasteiger partial charge in [0.15, 0.2) is 0 Å². The van der Waals surface area contributed by atoms with Crippen molar-refractivity contribution in [2.45, 2.75) is 11.4 Å². The maximum Gasteiger partial charge on any atom is 0.240 e. The van der Waals surface area contributed by atoms with E-state index >= 15 is 0 Å². The van der Waals surface area contributed by atoms with Crippen LogP contribution in [0, 0.1) is 0 Å². The number of aliphatic hydroxyl groups is 1. The van der Waals surface area contributed by atoms with Gasteiger partial charge in [-0.15, -0.1) is 11.3 Å². The van der Waals surface area contributed by atoms with Crippen LogP contribution in [0.2, 0.25) is 0 Å². The highest BCUT2D eigenvalue weighted by Gasteiger charge is 2.13. The topological polar surface area (TPSA) is 88.5 Å². The number of rotatable bonds is 7. The Balaban J connectivity index is 2.01. The first-order valence-electron chi connectivity index (χ1n) is 5.82. The van der Waals surface area contributed by atoms with Crippen molar-refractivity contribution in [2.24, 2.45) is 0 Å². The number of ether oxygens (including phenoxy) is 1. The number of sulfonamides is 1. The summed E-state index contributed by atoms with van der Waals surface area (Å²) in [6, 6.07) is 6.03. The summed E-state index contributed by atoms with van der Waals surface area (Å²) < 4.78 is 31.8. The van der Waals surface area contributed by atoms with Gasteiger partial charge in [-0.25, -0.2) is 13.1 Å². The second-order valence-corrected chi connectivity index (χ2v) is 6.57. The molecule has 0 fully saturated rings. The van der Waals surface area contributed by atoms with E-state index in [1.54, 1.807) is 23.8 Å². The Kier molecular flexibility index (Phi) is 5.07. The van der Waals surface area contributed by atoms with Gasteiger partial charge in [0, 0.05) is 17.6 Å². The van der Waals surface area contributed by atoms with Crippen molar-refractivity contribution in [1.29, 1.82) is 0 Å². The van der Waals surface area contributed by atoms with E-state index in [-0.39, 0.29) is 24.7 Å². The molecule has 0 amide bonds. The van der Waals surface area contributed by atoms with E-state index in [1.165, 1.54) is 23.5 Å². The lowest BCUT2D eigenvalue weighted by Gasteiger charge is -2.07. The Labute approximate surface area is 121 Å². The van der Waals surface area contributed by atoms with Gasteiger partial charge in [0.25, 0.3) is 0 Å². The van der Waals surface area contributed by atoms with Gasteiger partial charge in [0.2, 0.25) is 10.0 Å². The fourth-order valence-corrected chi connectivity index (χ4v) is 3.09. The molecule has 0 radical (unpaired) electrons. The molecule has 0 bridgehead atoms. The maximum atomic E-state index is 12.0. The number of thiazole rings is 1. The second kappa shape index (κ2) is 6.80. The highest BCUT2D eigenvalue weighted by atomic mass is 32.2. The molecule has 6 nitrogen and oxygen atoms in total. The number of hydrogen-bond donors (Lipinski definition) is 2. The van der Waals surface area contributed by atoms with Crippen LogP contribution in [0.15, 0.2) is 40.9 Å². The standard InChI is InChI=1S/C12H14N2O4S2/c15-5-6-18-10-1-3-12(4-2-10)20(16,17)14-8-11-7-13-9-19-11/h1-4,7,9,14-15H,5-6,8H2. The maximum absolute atomic E-state index is 12.0. The summed E-state index contributed by atoms with van der Waals surface area (Å²) in [5, 5.41) is 8.64. The average Bonchev–Trinajstić information content (AvgIpc) is 2.97. The molecular formula is C12H14N2O4S2. The molecule has 0 atom stereocenters. The van der Waals surface area contributed by atoms with Crippen molar-refractivity contribution in [3.63, 3.8) is 0 Å². The van der Waals surface area contributed by atoms with E-state index in [0.29, 0.717) is 5.75 Å². The van der Waals surface area contributed by atoms with Gasteiger partial charge in [-0.1, -0.05) is 0 Å². The minimum absolute atomic E-state index is 0.0869. The Morgan fingerprint density at radius 1 is 1.30 bits per heavy atom. The van der Waals surface area contributed by atoms with Crippen molar-refractivity contribution in [1.82, 2.24) is 9.71 Å². The number of aromatic nitrogens is 1. The average molecular weight is 314 g/mol. The number of hydrogen-bond acceptors (Lipinski definition) is 6. The lowest BCUT2D eigenvalue weighted by Crippen LogP contribution is -2.22. The third kappa shape index (κ3) is 4.01. The third-order valence-corrected chi connectivity index (χ3v) is 4.61. The number of benzene rings is 1. The summed E-state index contributed by atoms with van der Waals surface area (Å²) in [6.45, 7) is 0.307. The van der Waals surface area contributed by atoms with Crippen molar-refractivity contribution >= 4 is 21.4 Å². The van der Waals surface area contributed by atoms with Crippen LogP contribution in [0.3, 0.4) is 0 Å². The van der Waals surface area contributed by atoms with E-state index < -0.39 is 10.0 Å². The summed E-state index contributed by atoms with van der Waals surface area (Å²) in [4.78, 5) is 4.89. The molecule has 2 aromatic rings. The molecule has 0 unspecified atom stereocenters. The van der Waals surface area contributed by atoms with Gasteiger partial charge in [-0.2, -0.15) is 0 Å². The summed E-state index contributed by atoms with van der Waals surface area (Å²) in [5.41, 5.74) is 1.65. The van der Waals surface area contributed by atoms with Crippen LogP contribution < -0.4 is 9.46 Å². The zero-order valence-corrected chi connectivity index (χ0v) is 12.2. The smallest absolute Gasteiger partial charge is 0.240 e. The summed E-state index contributed by atoms with van der Waals surface area (Å²) in [6.07, 6.45) is 1.62. The van der Waals surface area contributed by atoms with Crippen molar-refractivity contribution in [3.8, 4) is 5.75 Å². The minimum atomic E-state index is -3.55. The van der Waals surface area contributed by atoms with Gasteiger partial charge in [0.05, 0.1) is 17.0 Å². The van der Waals surface area contributed by atoms with Gasteiger partial charge in [-0.3, -0.25) is 4.98 Å². The van der Waals surface area contributed by atoms with Crippen molar-refractivity contribution in [2.75, 3.05) is 13.2 Å². The van der Waals surface area contributed by atoms with Crippen LogP contribution in [0.25, 0.3) is 0 Å². The Bertz CT molecular complexity index is 624. The first-order chi connectivity index (χ1) is 9.62. The van der Waals surface area contributed by atoms with Gasteiger partial charge in [-0.05, 0) is 24.3 Å².